The summed E-state index contributed by atoms with van der Waals surface area (Å²) in [7, 11) is 0. The largest absolute Gasteiger partial charge is 0.300 e. The third-order valence-electron chi connectivity index (χ3n) is 3.23. The number of rotatable bonds is 4. The van der Waals surface area contributed by atoms with E-state index in [1.54, 1.807) is 11.6 Å². The number of fused-ring (bicyclic) bond motifs is 1. The van der Waals surface area contributed by atoms with E-state index in [4.69, 9.17) is 0 Å². The van der Waals surface area contributed by atoms with Crippen molar-refractivity contribution in [3.63, 3.8) is 0 Å². The van der Waals surface area contributed by atoms with Crippen LogP contribution in [0.4, 0.5) is 0 Å². The fraction of sp³-hybridized carbons (Fsp3) is 0.200. The van der Waals surface area contributed by atoms with Gasteiger partial charge in [0, 0.05) is 18.2 Å². The molecule has 0 N–H and O–H groups in total. The number of ketones is 1. The van der Waals surface area contributed by atoms with Crippen LogP contribution in [-0.2, 0) is 11.2 Å². The molecule has 0 fully saturated rings. The number of carbonyl (C=O) groups excluding carboxylic acids is 1. The molecule has 5 nitrogen and oxygen atoms in total. The number of aryl methyl sites for hydroxylation is 1. The van der Waals surface area contributed by atoms with Crippen LogP contribution in [0.3, 0.4) is 0 Å². The third kappa shape index (κ3) is 2.30. The molecule has 0 aliphatic carbocycles. The number of hydrogen-bond donors (Lipinski definition) is 0. The molecular formula is C15H14N4O. The summed E-state index contributed by atoms with van der Waals surface area (Å²) in [5.41, 5.74) is 0.937. The average Bonchev–Trinajstić information content (AvgIpc) is 2.92. The first kappa shape index (κ1) is 12.5. The minimum Gasteiger partial charge on any atom is -0.300 e. The summed E-state index contributed by atoms with van der Waals surface area (Å²) in [6.45, 7) is 1.58. The molecule has 0 saturated heterocycles. The molecule has 0 spiro atoms. The Morgan fingerprint density at radius 1 is 1.15 bits per heavy atom. The highest BCUT2D eigenvalue weighted by atomic mass is 16.1. The van der Waals surface area contributed by atoms with Gasteiger partial charge in [-0.3, -0.25) is 0 Å². The van der Waals surface area contributed by atoms with Gasteiger partial charge in [-0.15, -0.1) is 5.10 Å². The SMILES string of the molecule is CC(=O)CCc1nnnn1-c1cccc2ccccc12. The van der Waals surface area contributed by atoms with E-state index in [1.165, 1.54) is 0 Å². The summed E-state index contributed by atoms with van der Waals surface area (Å²) in [6, 6.07) is 14.1. The zero-order chi connectivity index (χ0) is 13.9. The quantitative estimate of drug-likeness (QED) is 0.727. The van der Waals surface area contributed by atoms with Crippen LogP contribution < -0.4 is 0 Å². The lowest BCUT2D eigenvalue weighted by Gasteiger charge is -2.07. The van der Waals surface area contributed by atoms with E-state index >= 15 is 0 Å². The van der Waals surface area contributed by atoms with E-state index in [0.717, 1.165) is 16.5 Å². The molecule has 2 aromatic carbocycles. The van der Waals surface area contributed by atoms with Gasteiger partial charge < -0.3 is 4.79 Å². The second-order valence-corrected chi connectivity index (χ2v) is 4.71. The fourth-order valence-corrected chi connectivity index (χ4v) is 2.23. The van der Waals surface area contributed by atoms with Crippen molar-refractivity contribution in [1.82, 2.24) is 20.2 Å². The lowest BCUT2D eigenvalue weighted by Crippen LogP contribution is -2.05. The van der Waals surface area contributed by atoms with Gasteiger partial charge in [-0.25, -0.2) is 0 Å². The first-order valence-electron chi connectivity index (χ1n) is 6.50. The summed E-state index contributed by atoms with van der Waals surface area (Å²) in [6.07, 6.45) is 0.997. The lowest BCUT2D eigenvalue weighted by atomic mass is 10.1. The van der Waals surface area contributed by atoms with Crippen molar-refractivity contribution < 1.29 is 4.79 Å². The smallest absolute Gasteiger partial charge is 0.157 e. The molecular weight excluding hydrogens is 252 g/mol. The maximum Gasteiger partial charge on any atom is 0.157 e. The number of aromatic nitrogens is 4. The average molecular weight is 266 g/mol. The van der Waals surface area contributed by atoms with Gasteiger partial charge in [-0.1, -0.05) is 36.4 Å². The van der Waals surface area contributed by atoms with Gasteiger partial charge in [-0.05, 0) is 28.8 Å². The van der Waals surface area contributed by atoms with Gasteiger partial charge in [0.15, 0.2) is 5.82 Å². The molecule has 0 amide bonds. The van der Waals surface area contributed by atoms with Gasteiger partial charge in [0.2, 0.25) is 0 Å². The number of tetrazole rings is 1. The topological polar surface area (TPSA) is 60.7 Å². The van der Waals surface area contributed by atoms with Crippen molar-refractivity contribution in [2.45, 2.75) is 19.8 Å². The summed E-state index contributed by atoms with van der Waals surface area (Å²) in [4.78, 5) is 11.1. The van der Waals surface area contributed by atoms with E-state index in [1.807, 2.05) is 30.3 Å². The molecule has 3 rings (SSSR count). The molecule has 0 saturated carbocycles. The van der Waals surface area contributed by atoms with Gasteiger partial charge >= 0.3 is 0 Å². The highest BCUT2D eigenvalue weighted by Gasteiger charge is 2.11. The number of hydrogen-bond acceptors (Lipinski definition) is 4. The van der Waals surface area contributed by atoms with Crippen molar-refractivity contribution in [1.29, 1.82) is 0 Å². The Labute approximate surface area is 116 Å². The summed E-state index contributed by atoms with van der Waals surface area (Å²) >= 11 is 0. The Kier molecular flexibility index (Phi) is 3.25. The summed E-state index contributed by atoms with van der Waals surface area (Å²) in [5, 5.41) is 14.0. The predicted octanol–water partition coefficient (Wildman–Crippen LogP) is 2.34. The van der Waals surface area contributed by atoms with Crippen LogP contribution in [-0.4, -0.2) is 26.0 Å². The predicted molar refractivity (Wildman–Crippen MR) is 75.7 cm³/mol. The van der Waals surface area contributed by atoms with Crippen LogP contribution in [0.2, 0.25) is 0 Å². The summed E-state index contributed by atoms with van der Waals surface area (Å²) in [5.74, 6) is 0.842. The first-order chi connectivity index (χ1) is 9.75. The van der Waals surface area contributed by atoms with Crippen LogP contribution in [0.5, 0.6) is 0 Å². The Bertz CT molecular complexity index is 758. The molecule has 100 valence electrons. The second-order valence-electron chi connectivity index (χ2n) is 4.71. The second kappa shape index (κ2) is 5.21. The first-order valence-corrected chi connectivity index (χ1v) is 6.50. The lowest BCUT2D eigenvalue weighted by molar-refractivity contribution is -0.117. The number of Topliss-reactive ketones (excluding diaryl/α,β-unsaturated/α-hetero) is 1. The van der Waals surface area contributed by atoms with E-state index < -0.39 is 0 Å². The molecule has 0 aliphatic rings. The highest BCUT2D eigenvalue weighted by Crippen LogP contribution is 2.22. The zero-order valence-electron chi connectivity index (χ0n) is 11.2. The molecule has 0 aliphatic heterocycles. The molecule has 20 heavy (non-hydrogen) atoms. The Morgan fingerprint density at radius 3 is 2.80 bits per heavy atom. The minimum absolute atomic E-state index is 0.137. The highest BCUT2D eigenvalue weighted by molar-refractivity contribution is 5.90. The summed E-state index contributed by atoms with van der Waals surface area (Å²) < 4.78 is 1.71. The van der Waals surface area contributed by atoms with E-state index in [-0.39, 0.29) is 5.78 Å². The van der Waals surface area contributed by atoms with E-state index in [0.29, 0.717) is 18.7 Å². The van der Waals surface area contributed by atoms with Crippen molar-refractivity contribution >= 4 is 16.6 Å². The monoisotopic (exact) mass is 266 g/mol. The third-order valence-corrected chi connectivity index (χ3v) is 3.23. The molecule has 0 unspecified atom stereocenters. The molecule has 1 aromatic heterocycles. The molecule has 3 aromatic rings. The Morgan fingerprint density at radius 2 is 1.95 bits per heavy atom. The number of nitrogens with zero attached hydrogens (tertiary/aromatic N) is 4. The standard InChI is InChI=1S/C15H14N4O/c1-11(20)9-10-15-16-17-18-19(15)14-8-4-6-12-5-2-3-7-13(12)14/h2-8H,9-10H2,1H3. The molecule has 0 radical (unpaired) electrons. The van der Waals surface area contributed by atoms with E-state index in [2.05, 4.69) is 27.7 Å². The van der Waals surface area contributed by atoms with Crippen LogP contribution in [0.25, 0.3) is 16.5 Å². The number of carbonyl (C=O) groups is 1. The van der Waals surface area contributed by atoms with Crippen molar-refractivity contribution in [3.05, 3.63) is 48.3 Å². The van der Waals surface area contributed by atoms with Crippen LogP contribution in [0, 0.1) is 0 Å². The molecule has 5 heteroatoms. The zero-order valence-corrected chi connectivity index (χ0v) is 11.2. The van der Waals surface area contributed by atoms with Crippen LogP contribution >= 0.6 is 0 Å². The van der Waals surface area contributed by atoms with Gasteiger partial charge in [0.05, 0.1) is 5.69 Å². The Balaban J connectivity index is 2.08. The van der Waals surface area contributed by atoms with Crippen LogP contribution in [0.15, 0.2) is 42.5 Å². The fourth-order valence-electron chi connectivity index (χ4n) is 2.23. The molecule has 0 bridgehead atoms. The number of benzene rings is 2. The van der Waals surface area contributed by atoms with Crippen molar-refractivity contribution in [2.24, 2.45) is 0 Å². The van der Waals surface area contributed by atoms with Gasteiger partial charge in [0.25, 0.3) is 0 Å². The maximum atomic E-state index is 11.1. The maximum absolute atomic E-state index is 11.1. The van der Waals surface area contributed by atoms with Crippen molar-refractivity contribution in [3.8, 4) is 5.69 Å². The molecule has 1 heterocycles. The van der Waals surface area contributed by atoms with Crippen LogP contribution in [0.1, 0.15) is 19.2 Å². The van der Waals surface area contributed by atoms with Crippen molar-refractivity contribution in [2.75, 3.05) is 0 Å². The normalized spacial score (nSPS) is 10.8. The van der Waals surface area contributed by atoms with E-state index in [9.17, 15) is 4.79 Å². The van der Waals surface area contributed by atoms with Gasteiger partial charge in [0.1, 0.15) is 5.78 Å². The Hall–Kier alpha value is -2.56. The van der Waals surface area contributed by atoms with Gasteiger partial charge in [-0.2, -0.15) is 4.68 Å². The molecule has 0 atom stereocenters. The minimum atomic E-state index is 0.137.